The predicted molar refractivity (Wildman–Crippen MR) is 104 cm³/mol. The molecular weight excluding hydrogens is 308 g/mol. The predicted octanol–water partition coefficient (Wildman–Crippen LogP) is 5.84. The minimum Gasteiger partial charge on any atom is -0.273 e. The van der Waals surface area contributed by atoms with Gasteiger partial charge in [0.15, 0.2) is 0 Å². The van der Waals surface area contributed by atoms with Gasteiger partial charge in [0.1, 0.15) is 0 Å². The Balaban J connectivity index is 1.25. The Morgan fingerprint density at radius 3 is 1.92 bits per heavy atom. The number of carbonyl (C=O) groups is 1. The highest BCUT2D eigenvalue weighted by atomic mass is 16.2. The lowest BCUT2D eigenvalue weighted by molar-refractivity contribution is -0.121. The summed E-state index contributed by atoms with van der Waals surface area (Å²) in [5.41, 5.74) is 4.23. The molecule has 1 N–H and O–H groups in total. The summed E-state index contributed by atoms with van der Waals surface area (Å²) < 4.78 is 0. The fourth-order valence-electron chi connectivity index (χ4n) is 5.63. The van der Waals surface area contributed by atoms with Gasteiger partial charge in [-0.15, -0.1) is 0 Å². The number of hydrogen-bond donors (Lipinski definition) is 1. The van der Waals surface area contributed by atoms with Crippen LogP contribution in [0, 0.1) is 23.7 Å². The first-order chi connectivity index (χ1) is 12.3. The summed E-state index contributed by atoms with van der Waals surface area (Å²) in [5, 5.41) is 4.60. The number of nitrogens with one attached hydrogen (secondary N) is 1. The monoisotopic (exact) mass is 346 g/mol. The highest BCUT2D eigenvalue weighted by Gasteiger charge is 2.46. The molecule has 4 saturated carbocycles. The maximum Gasteiger partial charge on any atom is 0.240 e. The van der Waals surface area contributed by atoms with E-state index in [2.05, 4.69) is 17.5 Å². The molecule has 0 aromatic carbocycles. The van der Waals surface area contributed by atoms with Gasteiger partial charge in [-0.1, -0.05) is 58.3 Å². The van der Waals surface area contributed by atoms with E-state index in [4.69, 9.17) is 0 Å². The van der Waals surface area contributed by atoms with Crippen molar-refractivity contribution in [3.8, 4) is 0 Å². The van der Waals surface area contributed by atoms with Crippen molar-refractivity contribution in [1.82, 2.24) is 5.43 Å². The van der Waals surface area contributed by atoms with Crippen molar-refractivity contribution in [2.24, 2.45) is 28.8 Å². The maximum atomic E-state index is 12.1. The van der Waals surface area contributed by atoms with Crippen molar-refractivity contribution in [3.63, 3.8) is 0 Å². The number of unbranched alkanes of at least 4 members (excludes halogenated alkanes) is 8. The van der Waals surface area contributed by atoms with Crippen LogP contribution in [-0.4, -0.2) is 11.6 Å². The molecule has 0 spiro atoms. The van der Waals surface area contributed by atoms with Crippen LogP contribution in [0.15, 0.2) is 5.10 Å². The average Bonchev–Trinajstić information content (AvgIpc) is 2.59. The van der Waals surface area contributed by atoms with E-state index in [1.807, 2.05) is 0 Å². The molecular formula is C22H38N2O. The lowest BCUT2D eigenvalue weighted by atomic mass is 9.55. The third-order valence-electron chi connectivity index (χ3n) is 6.79. The van der Waals surface area contributed by atoms with Crippen LogP contribution in [0.25, 0.3) is 0 Å². The molecule has 4 bridgehead atoms. The quantitative estimate of drug-likeness (QED) is 0.371. The van der Waals surface area contributed by atoms with Crippen molar-refractivity contribution in [2.75, 3.05) is 0 Å². The van der Waals surface area contributed by atoms with Crippen LogP contribution >= 0.6 is 0 Å². The normalized spacial score (nSPS) is 29.9. The smallest absolute Gasteiger partial charge is 0.240 e. The average molecular weight is 347 g/mol. The Labute approximate surface area is 154 Å². The van der Waals surface area contributed by atoms with E-state index in [-0.39, 0.29) is 5.91 Å². The molecule has 1 amide bonds. The van der Waals surface area contributed by atoms with Gasteiger partial charge in [-0.25, -0.2) is 5.43 Å². The third kappa shape index (κ3) is 5.56. The molecule has 0 atom stereocenters. The Morgan fingerprint density at radius 2 is 1.36 bits per heavy atom. The second kappa shape index (κ2) is 9.73. The summed E-state index contributed by atoms with van der Waals surface area (Å²) >= 11 is 0. The van der Waals surface area contributed by atoms with Gasteiger partial charge in [0.2, 0.25) is 5.91 Å². The van der Waals surface area contributed by atoms with Gasteiger partial charge in [-0.3, -0.25) is 4.79 Å². The first-order valence-corrected chi connectivity index (χ1v) is 11.1. The van der Waals surface area contributed by atoms with Gasteiger partial charge in [0.05, 0.1) is 0 Å². The zero-order valence-corrected chi connectivity index (χ0v) is 16.3. The van der Waals surface area contributed by atoms with Gasteiger partial charge >= 0.3 is 0 Å². The number of carbonyl (C=O) groups excluding carboxylic acids is 1. The van der Waals surface area contributed by atoms with E-state index in [0.29, 0.717) is 18.3 Å². The molecule has 3 heteroatoms. The van der Waals surface area contributed by atoms with Crippen molar-refractivity contribution >= 4 is 11.6 Å². The second-order valence-electron chi connectivity index (χ2n) is 8.95. The van der Waals surface area contributed by atoms with Crippen LogP contribution in [-0.2, 0) is 4.79 Å². The number of rotatable bonds is 11. The molecule has 0 radical (unpaired) electrons. The highest BCUT2D eigenvalue weighted by Crippen LogP contribution is 2.52. The van der Waals surface area contributed by atoms with Crippen molar-refractivity contribution in [3.05, 3.63) is 0 Å². The Bertz CT molecular complexity index is 427. The molecule has 0 saturated heterocycles. The molecule has 3 nitrogen and oxygen atoms in total. The minimum atomic E-state index is 0.129. The first-order valence-electron chi connectivity index (χ1n) is 11.1. The van der Waals surface area contributed by atoms with Crippen molar-refractivity contribution < 1.29 is 4.79 Å². The summed E-state index contributed by atoms with van der Waals surface area (Å²) in [6.45, 7) is 2.26. The largest absolute Gasteiger partial charge is 0.273 e. The molecule has 4 aliphatic carbocycles. The summed E-state index contributed by atoms with van der Waals surface area (Å²) in [6, 6.07) is 0. The van der Waals surface area contributed by atoms with E-state index < -0.39 is 0 Å². The molecule has 0 aromatic heterocycles. The van der Waals surface area contributed by atoms with Gasteiger partial charge in [-0.2, -0.15) is 5.10 Å². The van der Waals surface area contributed by atoms with Gasteiger partial charge in [0.25, 0.3) is 0 Å². The van der Waals surface area contributed by atoms with Crippen LogP contribution in [0.2, 0.25) is 0 Å². The van der Waals surface area contributed by atoms with Crippen LogP contribution in [0.4, 0.5) is 0 Å². The van der Waals surface area contributed by atoms with Crippen molar-refractivity contribution in [2.45, 2.75) is 103 Å². The van der Waals surface area contributed by atoms with Gasteiger partial charge in [0, 0.05) is 12.1 Å². The number of hydrogen-bond acceptors (Lipinski definition) is 2. The van der Waals surface area contributed by atoms with E-state index in [0.717, 1.165) is 18.3 Å². The fraction of sp³-hybridized carbons (Fsp3) is 0.909. The summed E-state index contributed by atoms with van der Waals surface area (Å²) in [4.78, 5) is 12.1. The lowest BCUT2D eigenvalue weighted by Crippen LogP contribution is -2.46. The molecule has 0 unspecified atom stereocenters. The lowest BCUT2D eigenvalue weighted by Gasteiger charge is -2.50. The van der Waals surface area contributed by atoms with Crippen LogP contribution < -0.4 is 5.43 Å². The van der Waals surface area contributed by atoms with E-state index >= 15 is 0 Å². The topological polar surface area (TPSA) is 41.5 Å². The number of nitrogens with zero attached hydrogens (tertiary/aromatic N) is 1. The molecule has 0 aliphatic heterocycles. The van der Waals surface area contributed by atoms with Crippen LogP contribution in [0.3, 0.4) is 0 Å². The standard InChI is InChI=1S/C22H38N2O/c1-2-3-4-5-6-7-8-9-10-11-21(25)23-24-22-19-13-17-12-18(15-19)16-20(22)14-17/h17-20H,2-16H2,1H3,(H,23,25). The number of hydrazone groups is 1. The molecule has 25 heavy (non-hydrogen) atoms. The SMILES string of the molecule is CCCCCCCCCCCC(=O)NN=C1C2CC3CC(C2)CC1C3. The maximum absolute atomic E-state index is 12.1. The van der Waals surface area contributed by atoms with E-state index in [9.17, 15) is 4.79 Å². The molecule has 0 aromatic rings. The molecule has 0 heterocycles. The zero-order valence-electron chi connectivity index (χ0n) is 16.3. The Kier molecular flexibility index (Phi) is 7.36. The summed E-state index contributed by atoms with van der Waals surface area (Å²) in [5.74, 6) is 3.41. The van der Waals surface area contributed by atoms with Gasteiger partial charge in [-0.05, 0) is 62.2 Å². The van der Waals surface area contributed by atoms with Crippen LogP contribution in [0.1, 0.15) is 103 Å². The highest BCUT2D eigenvalue weighted by molar-refractivity contribution is 5.91. The van der Waals surface area contributed by atoms with E-state index in [1.165, 1.54) is 89.2 Å². The first kappa shape index (κ1) is 18.9. The third-order valence-corrected chi connectivity index (χ3v) is 6.79. The Hall–Kier alpha value is -0.860. The zero-order chi connectivity index (χ0) is 17.5. The molecule has 4 fully saturated rings. The molecule has 4 aliphatic rings. The second-order valence-corrected chi connectivity index (χ2v) is 8.95. The number of amides is 1. The van der Waals surface area contributed by atoms with Gasteiger partial charge < -0.3 is 0 Å². The minimum absolute atomic E-state index is 0.129. The fourth-order valence-corrected chi connectivity index (χ4v) is 5.63. The summed E-state index contributed by atoms with van der Waals surface area (Å²) in [6.07, 6.45) is 19.1. The van der Waals surface area contributed by atoms with Crippen molar-refractivity contribution in [1.29, 1.82) is 0 Å². The van der Waals surface area contributed by atoms with Crippen LogP contribution in [0.5, 0.6) is 0 Å². The Morgan fingerprint density at radius 1 is 0.840 bits per heavy atom. The molecule has 4 rings (SSSR count). The van der Waals surface area contributed by atoms with E-state index in [1.54, 1.807) is 0 Å². The molecule has 142 valence electrons. The summed E-state index contributed by atoms with van der Waals surface area (Å²) in [7, 11) is 0.